The van der Waals surface area contributed by atoms with Gasteiger partial charge in [-0.15, -0.1) is 8.78 Å². The highest BCUT2D eigenvalue weighted by Crippen LogP contribution is 2.43. The number of oxazole rings is 1. The Balaban J connectivity index is 1.19. The lowest BCUT2D eigenvalue weighted by Gasteiger charge is -2.40. The molecule has 1 atom stereocenters. The van der Waals surface area contributed by atoms with Crippen LogP contribution in [-0.4, -0.2) is 54.3 Å². The topological polar surface area (TPSA) is 100 Å². The number of alkyl halides is 2. The molecule has 0 radical (unpaired) electrons. The van der Waals surface area contributed by atoms with Gasteiger partial charge in [0.1, 0.15) is 0 Å². The standard InChI is InChI=1S/C21H20F2N4O5/c1-12-10-27(14-3-5-16-18(9-14)32-21(22,23)31-16)7-6-26(12)11-19(28)24-13-2-4-15-17(8-13)30-20(29)25-15/h2-5,8-9,12H,6-7,10-11H2,1H3,(H,24,28)(H,25,29)/t12-/m1/s1. The van der Waals surface area contributed by atoms with Gasteiger partial charge in [0.2, 0.25) is 5.91 Å². The van der Waals surface area contributed by atoms with Gasteiger partial charge in [0.05, 0.1) is 12.1 Å². The van der Waals surface area contributed by atoms with Crippen LogP contribution in [0.2, 0.25) is 0 Å². The molecule has 0 aliphatic carbocycles. The van der Waals surface area contributed by atoms with E-state index in [1.807, 2.05) is 11.8 Å². The average Bonchev–Trinajstić information content (AvgIpc) is 3.24. The van der Waals surface area contributed by atoms with Crippen LogP contribution in [-0.2, 0) is 4.79 Å². The van der Waals surface area contributed by atoms with Crippen LogP contribution in [0.1, 0.15) is 6.92 Å². The number of benzene rings is 2. The zero-order valence-corrected chi connectivity index (χ0v) is 17.1. The van der Waals surface area contributed by atoms with Crippen molar-refractivity contribution in [1.82, 2.24) is 9.88 Å². The maximum absolute atomic E-state index is 13.3. The second-order valence-corrected chi connectivity index (χ2v) is 7.84. The van der Waals surface area contributed by atoms with E-state index in [-0.39, 0.29) is 30.0 Å². The van der Waals surface area contributed by atoms with Crippen LogP contribution in [0.25, 0.3) is 11.1 Å². The smallest absolute Gasteiger partial charge is 0.408 e. The molecule has 0 spiro atoms. The van der Waals surface area contributed by atoms with E-state index in [0.717, 1.165) is 5.69 Å². The molecule has 11 heteroatoms. The highest BCUT2D eigenvalue weighted by atomic mass is 19.3. The molecular weight excluding hydrogens is 426 g/mol. The molecule has 3 heterocycles. The van der Waals surface area contributed by atoms with Crippen molar-refractivity contribution in [3.8, 4) is 11.5 Å². The van der Waals surface area contributed by atoms with Crippen molar-refractivity contribution in [1.29, 1.82) is 0 Å². The quantitative estimate of drug-likeness (QED) is 0.636. The number of halogens is 2. The van der Waals surface area contributed by atoms with Crippen molar-refractivity contribution < 1.29 is 27.5 Å². The van der Waals surface area contributed by atoms with Gasteiger partial charge in [0.25, 0.3) is 0 Å². The van der Waals surface area contributed by atoms with E-state index in [1.165, 1.54) is 6.07 Å². The highest BCUT2D eigenvalue weighted by Gasteiger charge is 2.43. The van der Waals surface area contributed by atoms with E-state index < -0.39 is 12.1 Å². The Labute approximate surface area is 180 Å². The SMILES string of the molecule is C[C@@H]1CN(c2ccc3c(c2)OC(F)(F)O3)CCN1CC(=O)Nc1ccc2[nH]c(=O)oc2c1. The summed E-state index contributed by atoms with van der Waals surface area (Å²) in [6, 6.07) is 9.73. The van der Waals surface area contributed by atoms with Crippen molar-refractivity contribution in [2.45, 2.75) is 19.3 Å². The van der Waals surface area contributed by atoms with Gasteiger partial charge in [0.15, 0.2) is 17.1 Å². The van der Waals surface area contributed by atoms with E-state index in [9.17, 15) is 18.4 Å². The number of carbonyl (C=O) groups is 1. The van der Waals surface area contributed by atoms with Crippen LogP contribution in [0.3, 0.4) is 0 Å². The van der Waals surface area contributed by atoms with Crippen LogP contribution in [0, 0.1) is 0 Å². The number of carbonyl (C=O) groups excluding carboxylic acids is 1. The number of hydrogen-bond acceptors (Lipinski definition) is 7. The van der Waals surface area contributed by atoms with Gasteiger partial charge < -0.3 is 24.1 Å². The highest BCUT2D eigenvalue weighted by molar-refractivity contribution is 5.94. The number of aromatic nitrogens is 1. The van der Waals surface area contributed by atoms with Crippen LogP contribution in [0.5, 0.6) is 11.5 Å². The van der Waals surface area contributed by atoms with Gasteiger partial charge in [0, 0.05) is 49.2 Å². The molecular formula is C21H20F2N4O5. The number of ether oxygens (including phenoxy) is 2. The number of anilines is 2. The lowest BCUT2D eigenvalue weighted by atomic mass is 10.1. The number of fused-ring (bicyclic) bond motifs is 2. The van der Waals surface area contributed by atoms with Gasteiger partial charge in [-0.05, 0) is 31.2 Å². The molecule has 1 aromatic heterocycles. The lowest BCUT2D eigenvalue weighted by molar-refractivity contribution is -0.286. The van der Waals surface area contributed by atoms with Gasteiger partial charge in [-0.2, -0.15) is 0 Å². The summed E-state index contributed by atoms with van der Waals surface area (Å²) in [6.07, 6.45) is -3.64. The average molecular weight is 446 g/mol. The first kappa shape index (κ1) is 20.3. The van der Waals surface area contributed by atoms with Crippen molar-refractivity contribution in [3.05, 3.63) is 46.9 Å². The molecule has 0 bridgehead atoms. The fourth-order valence-electron chi connectivity index (χ4n) is 4.01. The third-order valence-electron chi connectivity index (χ3n) is 5.57. The molecule has 32 heavy (non-hydrogen) atoms. The molecule has 1 saturated heterocycles. The summed E-state index contributed by atoms with van der Waals surface area (Å²) in [7, 11) is 0. The third kappa shape index (κ3) is 3.98. The maximum Gasteiger partial charge on any atom is 0.586 e. The van der Waals surface area contributed by atoms with Crippen LogP contribution in [0.4, 0.5) is 20.2 Å². The molecule has 2 aliphatic rings. The fraction of sp³-hybridized carbons (Fsp3) is 0.333. The number of nitrogens with zero attached hydrogens (tertiary/aromatic N) is 2. The molecule has 2 aromatic carbocycles. The molecule has 5 rings (SSSR count). The minimum Gasteiger partial charge on any atom is -0.408 e. The third-order valence-corrected chi connectivity index (χ3v) is 5.57. The molecule has 1 fully saturated rings. The van der Waals surface area contributed by atoms with Gasteiger partial charge in [-0.25, -0.2) is 4.79 Å². The van der Waals surface area contributed by atoms with Crippen LogP contribution < -0.4 is 25.4 Å². The largest absolute Gasteiger partial charge is 0.586 e. The second kappa shape index (κ2) is 7.52. The van der Waals surface area contributed by atoms with E-state index in [2.05, 4.69) is 24.7 Å². The first-order valence-electron chi connectivity index (χ1n) is 10.1. The Hall–Kier alpha value is -3.60. The van der Waals surface area contributed by atoms with Crippen molar-refractivity contribution in [2.75, 3.05) is 36.4 Å². The Bertz CT molecular complexity index is 1240. The zero-order chi connectivity index (χ0) is 22.5. The summed E-state index contributed by atoms with van der Waals surface area (Å²) >= 11 is 0. The van der Waals surface area contributed by atoms with Crippen molar-refractivity contribution in [3.63, 3.8) is 0 Å². The number of rotatable bonds is 4. The predicted molar refractivity (Wildman–Crippen MR) is 111 cm³/mol. The van der Waals surface area contributed by atoms with Gasteiger partial charge >= 0.3 is 12.1 Å². The molecule has 0 unspecified atom stereocenters. The maximum atomic E-state index is 13.3. The fourth-order valence-corrected chi connectivity index (χ4v) is 4.01. The second-order valence-electron chi connectivity index (χ2n) is 7.84. The Morgan fingerprint density at radius 2 is 2.00 bits per heavy atom. The van der Waals surface area contributed by atoms with E-state index in [0.29, 0.717) is 36.4 Å². The number of nitrogens with one attached hydrogen (secondary N) is 2. The minimum atomic E-state index is -3.64. The number of piperazine rings is 1. The Kier molecular flexibility index (Phi) is 4.77. The first-order valence-corrected chi connectivity index (χ1v) is 10.1. The molecule has 0 saturated carbocycles. The summed E-state index contributed by atoms with van der Waals surface area (Å²) in [4.78, 5) is 30.5. The molecule has 3 aromatic rings. The molecule has 2 aliphatic heterocycles. The summed E-state index contributed by atoms with van der Waals surface area (Å²) in [5, 5.41) is 2.82. The molecule has 9 nitrogen and oxygen atoms in total. The van der Waals surface area contributed by atoms with E-state index >= 15 is 0 Å². The van der Waals surface area contributed by atoms with Crippen molar-refractivity contribution in [2.24, 2.45) is 0 Å². The first-order chi connectivity index (χ1) is 15.3. The van der Waals surface area contributed by atoms with Crippen LogP contribution >= 0.6 is 0 Å². The van der Waals surface area contributed by atoms with Gasteiger partial charge in [-0.1, -0.05) is 0 Å². The molecule has 1 amide bonds. The number of hydrogen-bond donors (Lipinski definition) is 2. The summed E-state index contributed by atoms with van der Waals surface area (Å²) < 4.78 is 40.5. The molecule has 168 valence electrons. The van der Waals surface area contributed by atoms with Crippen molar-refractivity contribution >= 4 is 28.4 Å². The normalized spacial score (nSPS) is 20.0. The Morgan fingerprint density at radius 3 is 2.81 bits per heavy atom. The number of amides is 1. The van der Waals surface area contributed by atoms with E-state index in [4.69, 9.17) is 4.42 Å². The van der Waals surface area contributed by atoms with Crippen LogP contribution in [0.15, 0.2) is 45.6 Å². The lowest BCUT2D eigenvalue weighted by Crippen LogP contribution is -2.53. The minimum absolute atomic E-state index is 0.0113. The number of aromatic amines is 1. The summed E-state index contributed by atoms with van der Waals surface area (Å²) in [6.45, 7) is 4.04. The number of H-pyrrole nitrogens is 1. The van der Waals surface area contributed by atoms with Gasteiger partial charge in [-0.3, -0.25) is 14.7 Å². The summed E-state index contributed by atoms with van der Waals surface area (Å²) in [5.74, 6) is -0.712. The summed E-state index contributed by atoms with van der Waals surface area (Å²) in [5.41, 5.74) is 2.22. The predicted octanol–water partition coefficient (Wildman–Crippen LogP) is 2.59. The van der Waals surface area contributed by atoms with E-state index in [1.54, 1.807) is 30.3 Å². The molecule has 2 N–H and O–H groups in total. The zero-order valence-electron chi connectivity index (χ0n) is 17.1. The monoisotopic (exact) mass is 446 g/mol. The Morgan fingerprint density at radius 1 is 1.19 bits per heavy atom.